The first kappa shape index (κ1) is 20.8. The molecule has 1 aliphatic carbocycles. The molecule has 3 aliphatic rings. The smallest absolute Gasteiger partial charge is 0.243 e. The third kappa shape index (κ3) is 3.48. The molecule has 6 rings (SSSR count). The molecule has 0 saturated heterocycles. The van der Waals surface area contributed by atoms with Crippen LogP contribution in [0.25, 0.3) is 22.2 Å². The topological polar surface area (TPSA) is 62.3 Å². The fourth-order valence-electron chi connectivity index (χ4n) is 4.81. The van der Waals surface area contributed by atoms with E-state index in [9.17, 15) is 5.11 Å². The van der Waals surface area contributed by atoms with Crippen LogP contribution >= 0.6 is 0 Å². The lowest BCUT2D eigenvalue weighted by atomic mass is 9.70. The molecule has 0 amide bonds. The molecule has 1 atom stereocenters. The van der Waals surface area contributed by atoms with Crippen molar-refractivity contribution in [3.8, 4) is 11.3 Å². The number of aliphatic imine (C=N–C) groups is 2. The van der Waals surface area contributed by atoms with Crippen molar-refractivity contribution in [3.63, 3.8) is 0 Å². The number of pyridine rings is 1. The number of aliphatic hydroxyl groups is 1. The maximum Gasteiger partial charge on any atom is 0.243 e. The third-order valence-electron chi connectivity index (χ3n) is 6.38. The summed E-state index contributed by atoms with van der Waals surface area (Å²) < 4.78 is 0. The Hall–Kier alpha value is -3.12. The van der Waals surface area contributed by atoms with Crippen molar-refractivity contribution >= 4 is 23.0 Å². The van der Waals surface area contributed by atoms with Gasteiger partial charge >= 0.3 is 0 Å². The predicted octanol–water partition coefficient (Wildman–Crippen LogP) is 0.479. The number of halogens is 1. The highest BCUT2D eigenvalue weighted by atomic mass is 35.5. The Morgan fingerprint density at radius 2 is 1.78 bits per heavy atom. The fourth-order valence-corrected chi connectivity index (χ4v) is 4.81. The molecule has 0 spiro atoms. The highest BCUT2D eigenvalue weighted by Gasteiger charge is 2.46. The zero-order valence-corrected chi connectivity index (χ0v) is 18.4. The highest BCUT2D eigenvalue weighted by molar-refractivity contribution is 6.01. The van der Waals surface area contributed by atoms with Gasteiger partial charge in [-0.2, -0.15) is 4.99 Å². The maximum absolute atomic E-state index is 10.2. The zero-order valence-electron chi connectivity index (χ0n) is 17.7. The Morgan fingerprint density at radius 3 is 2.56 bits per heavy atom. The number of nitrogens with one attached hydrogen (secondary N) is 1. The van der Waals surface area contributed by atoms with Gasteiger partial charge in [0.05, 0.1) is 34.8 Å². The molecule has 3 aromatic rings. The second-order valence-corrected chi connectivity index (χ2v) is 8.84. The van der Waals surface area contributed by atoms with E-state index < -0.39 is 5.60 Å². The van der Waals surface area contributed by atoms with E-state index in [1.807, 2.05) is 43.7 Å². The highest BCUT2D eigenvalue weighted by Crippen LogP contribution is 2.43. The van der Waals surface area contributed by atoms with Crippen LogP contribution in [-0.4, -0.2) is 27.7 Å². The molecule has 6 heteroatoms. The van der Waals surface area contributed by atoms with Gasteiger partial charge in [0.2, 0.25) is 5.84 Å². The Balaban J connectivity index is 0.00000216. The number of rotatable bonds is 3. The molecular weight excluding hydrogens is 420 g/mol. The van der Waals surface area contributed by atoms with Gasteiger partial charge in [0.15, 0.2) is 5.70 Å². The molecule has 0 radical (unpaired) electrons. The van der Waals surface area contributed by atoms with E-state index in [0.717, 1.165) is 62.7 Å². The number of allylic oxidation sites excluding steroid dienone is 2. The molecule has 1 unspecified atom stereocenters. The van der Waals surface area contributed by atoms with Crippen LogP contribution in [0.4, 0.5) is 0 Å². The minimum Gasteiger partial charge on any atom is -1.00 e. The normalized spacial score (nSPS) is 25.9. The molecule has 0 bridgehead atoms. The molecule has 2 aliphatic heterocycles. The lowest BCUT2D eigenvalue weighted by molar-refractivity contribution is -0.689. The van der Waals surface area contributed by atoms with Gasteiger partial charge < -0.3 is 17.5 Å². The molecule has 2 N–H and O–H groups in total. The summed E-state index contributed by atoms with van der Waals surface area (Å²) in [5.74, 6) is 1.24. The van der Waals surface area contributed by atoms with Gasteiger partial charge in [0.25, 0.3) is 0 Å². The number of aromatic nitrogens is 1. The molecule has 1 fully saturated rings. The van der Waals surface area contributed by atoms with Crippen LogP contribution in [0.2, 0.25) is 0 Å². The summed E-state index contributed by atoms with van der Waals surface area (Å²) in [5, 5.41) is 11.3. The summed E-state index contributed by atoms with van der Waals surface area (Å²) in [4.78, 5) is 15.4. The minimum atomic E-state index is -0.584. The molecule has 160 valence electrons. The van der Waals surface area contributed by atoms with Gasteiger partial charge in [-0.3, -0.25) is 4.99 Å². The molecule has 3 heterocycles. The predicted molar refractivity (Wildman–Crippen MR) is 123 cm³/mol. The van der Waals surface area contributed by atoms with Crippen molar-refractivity contribution in [3.05, 3.63) is 90.0 Å². The number of nitrogens with zero attached hydrogens (tertiary/aromatic N) is 3. The molecule has 1 aromatic heterocycles. The van der Waals surface area contributed by atoms with E-state index >= 15 is 0 Å². The van der Waals surface area contributed by atoms with Crippen molar-refractivity contribution in [1.82, 2.24) is 4.98 Å². The van der Waals surface area contributed by atoms with E-state index in [1.54, 1.807) is 0 Å². The van der Waals surface area contributed by atoms with E-state index in [-0.39, 0.29) is 18.3 Å². The van der Waals surface area contributed by atoms with E-state index in [1.165, 1.54) is 0 Å². The van der Waals surface area contributed by atoms with Gasteiger partial charge in [0, 0.05) is 16.9 Å². The number of hydrogen-bond acceptors (Lipinski definition) is 4. The summed E-state index contributed by atoms with van der Waals surface area (Å²) in [5.41, 5.74) is 5.64. The largest absolute Gasteiger partial charge is 1.00 e. The first-order valence-electron chi connectivity index (χ1n) is 10.7. The van der Waals surface area contributed by atoms with Gasteiger partial charge in [-0.05, 0) is 38.0 Å². The molecular formula is C26H23ClN4O. The average Bonchev–Trinajstić information content (AvgIpc) is 3.17. The Bertz CT molecular complexity index is 1320. The van der Waals surface area contributed by atoms with Crippen LogP contribution in [0.3, 0.4) is 0 Å². The number of fused-ring (bicyclic) bond motifs is 2. The SMILES string of the molecule is CC1(O)CC(C2=C3C=NC=C[NH+]3C(c3ccc4ccc(-c5ccccc5)nc4c3)=N2)C1.[Cl-]. The first-order valence-corrected chi connectivity index (χ1v) is 10.7. The summed E-state index contributed by atoms with van der Waals surface area (Å²) >= 11 is 0. The van der Waals surface area contributed by atoms with E-state index in [2.05, 4.69) is 47.5 Å². The summed E-state index contributed by atoms with van der Waals surface area (Å²) in [6.45, 7) is 1.90. The standard InChI is InChI=1S/C26H22N4O.ClH/c1-26(31)14-20(15-26)24-23-16-27-11-12-30(23)25(29-24)19-8-7-18-9-10-21(28-22(18)13-19)17-5-3-2-4-6-17;/h2-13,16,20,31H,14-15H2,1H3;1H. The summed E-state index contributed by atoms with van der Waals surface area (Å²) in [7, 11) is 0. The monoisotopic (exact) mass is 442 g/mol. The summed E-state index contributed by atoms with van der Waals surface area (Å²) in [6.07, 6.45) is 7.25. The number of amidine groups is 1. The molecule has 32 heavy (non-hydrogen) atoms. The maximum atomic E-state index is 10.2. The van der Waals surface area contributed by atoms with Gasteiger partial charge in [0.1, 0.15) is 11.9 Å². The summed E-state index contributed by atoms with van der Waals surface area (Å²) in [6, 6.07) is 20.8. The van der Waals surface area contributed by atoms with E-state index in [4.69, 9.17) is 9.98 Å². The van der Waals surface area contributed by atoms with Crippen molar-refractivity contribution < 1.29 is 22.4 Å². The number of quaternary nitrogens is 1. The van der Waals surface area contributed by atoms with E-state index in [0.29, 0.717) is 0 Å². The van der Waals surface area contributed by atoms with Crippen molar-refractivity contribution in [1.29, 1.82) is 0 Å². The van der Waals surface area contributed by atoms with Crippen LogP contribution < -0.4 is 17.3 Å². The molecule has 1 saturated carbocycles. The molecule has 2 aromatic carbocycles. The average molecular weight is 443 g/mol. The number of benzene rings is 2. The van der Waals surface area contributed by atoms with Crippen LogP contribution in [0.15, 0.2) is 94.4 Å². The Kier molecular flexibility index (Phi) is 5.05. The van der Waals surface area contributed by atoms with Crippen LogP contribution in [-0.2, 0) is 0 Å². The second-order valence-electron chi connectivity index (χ2n) is 8.84. The Morgan fingerprint density at radius 1 is 1.00 bits per heavy atom. The third-order valence-corrected chi connectivity index (χ3v) is 6.38. The van der Waals surface area contributed by atoms with Crippen LogP contribution in [0, 0.1) is 5.92 Å². The second kappa shape index (κ2) is 7.78. The van der Waals surface area contributed by atoms with Crippen LogP contribution in [0.1, 0.15) is 25.3 Å². The molecule has 5 nitrogen and oxygen atoms in total. The quantitative estimate of drug-likeness (QED) is 0.620. The first-order chi connectivity index (χ1) is 15.1. The lowest BCUT2D eigenvalue weighted by Crippen LogP contribution is -3.08. The van der Waals surface area contributed by atoms with Crippen molar-refractivity contribution in [2.24, 2.45) is 15.9 Å². The van der Waals surface area contributed by atoms with Gasteiger partial charge in [-0.15, -0.1) is 0 Å². The van der Waals surface area contributed by atoms with Crippen molar-refractivity contribution in [2.75, 3.05) is 0 Å². The lowest BCUT2D eigenvalue weighted by Gasteiger charge is -2.40. The fraction of sp³-hybridized carbons (Fsp3) is 0.192. The van der Waals surface area contributed by atoms with Gasteiger partial charge in [-0.25, -0.2) is 9.88 Å². The zero-order chi connectivity index (χ0) is 21.0. The number of hydrogen-bond donors (Lipinski definition) is 2. The van der Waals surface area contributed by atoms with Crippen molar-refractivity contribution in [2.45, 2.75) is 25.4 Å². The minimum absolute atomic E-state index is 0. The Labute approximate surface area is 193 Å². The van der Waals surface area contributed by atoms with Gasteiger partial charge in [-0.1, -0.05) is 42.5 Å². The van der Waals surface area contributed by atoms with Crippen LogP contribution in [0.5, 0.6) is 0 Å².